The Morgan fingerprint density at radius 2 is 1.17 bits per heavy atom. The van der Waals surface area contributed by atoms with Crippen LogP contribution in [0.25, 0.3) is 0 Å². The predicted molar refractivity (Wildman–Crippen MR) is 91.1 cm³/mol. The number of carbonyl (C=O) groups is 1. The van der Waals surface area contributed by atoms with Crippen molar-refractivity contribution in [3.63, 3.8) is 0 Å². The van der Waals surface area contributed by atoms with Gasteiger partial charge in [-0.05, 0) is 32.1 Å². The molecule has 0 spiro atoms. The number of aliphatic hydroxyl groups is 2. The van der Waals surface area contributed by atoms with Gasteiger partial charge in [-0.25, -0.2) is 0 Å². The summed E-state index contributed by atoms with van der Waals surface area (Å²) in [6.07, 6.45) is 12.4. The number of hydrogen-bond acceptors (Lipinski definition) is 3. The summed E-state index contributed by atoms with van der Waals surface area (Å²) in [6, 6.07) is 0. The second kappa shape index (κ2) is 18.3. The molecule has 23 heavy (non-hydrogen) atoms. The van der Waals surface area contributed by atoms with E-state index in [1.165, 1.54) is 19.3 Å². The van der Waals surface area contributed by atoms with Gasteiger partial charge in [0, 0.05) is 6.42 Å². The molecule has 0 heterocycles. The first kappa shape index (κ1) is 25.2. The van der Waals surface area contributed by atoms with Crippen LogP contribution in [-0.4, -0.2) is 33.5 Å². The maximum Gasteiger partial charge on any atom is 1.00 e. The number of carboxylic acid groups (broad SMARTS) is 1. The molecule has 5 heteroatoms. The van der Waals surface area contributed by atoms with Crippen LogP contribution < -0.4 is 18.9 Å². The van der Waals surface area contributed by atoms with Gasteiger partial charge in [-0.1, -0.05) is 58.3 Å². The maximum atomic E-state index is 10.4. The fourth-order valence-electron chi connectivity index (χ4n) is 2.69. The SMILES string of the molecule is CCCCCCC(O)CCCCCC(O)CCCCC(=O)O.[H-].[Li+]. The Morgan fingerprint density at radius 1 is 0.783 bits per heavy atom. The van der Waals surface area contributed by atoms with Gasteiger partial charge in [0.15, 0.2) is 0 Å². The summed E-state index contributed by atoms with van der Waals surface area (Å²) < 4.78 is 0. The van der Waals surface area contributed by atoms with E-state index in [1.54, 1.807) is 0 Å². The Bertz CT molecular complexity index is 267. The molecule has 0 aliphatic rings. The van der Waals surface area contributed by atoms with Crippen LogP contribution in [-0.2, 0) is 4.79 Å². The van der Waals surface area contributed by atoms with Crippen LogP contribution in [0.5, 0.6) is 0 Å². The molecule has 0 aromatic carbocycles. The molecular formula is C18H37LiO4. The number of unbranched alkanes of at least 4 members (excludes halogenated alkanes) is 6. The first-order chi connectivity index (χ1) is 10.6. The second-order valence-electron chi connectivity index (χ2n) is 6.43. The van der Waals surface area contributed by atoms with Crippen LogP contribution in [0.3, 0.4) is 0 Å². The Morgan fingerprint density at radius 3 is 1.57 bits per heavy atom. The average Bonchev–Trinajstić information content (AvgIpc) is 2.47. The molecule has 0 aliphatic heterocycles. The van der Waals surface area contributed by atoms with Crippen LogP contribution >= 0.6 is 0 Å². The summed E-state index contributed by atoms with van der Waals surface area (Å²) in [5.41, 5.74) is 0. The van der Waals surface area contributed by atoms with Crippen LogP contribution in [0.1, 0.15) is 98.2 Å². The van der Waals surface area contributed by atoms with E-state index >= 15 is 0 Å². The van der Waals surface area contributed by atoms with Crippen molar-refractivity contribution in [2.75, 3.05) is 0 Å². The van der Waals surface area contributed by atoms with Gasteiger partial charge in [0.2, 0.25) is 0 Å². The third-order valence-corrected chi connectivity index (χ3v) is 4.14. The van der Waals surface area contributed by atoms with E-state index < -0.39 is 5.97 Å². The molecule has 0 aliphatic carbocycles. The number of hydrogen-bond donors (Lipinski definition) is 3. The monoisotopic (exact) mass is 324 g/mol. The third kappa shape index (κ3) is 19.9. The molecule has 4 nitrogen and oxygen atoms in total. The van der Waals surface area contributed by atoms with Crippen LogP contribution in [0.4, 0.5) is 0 Å². The minimum atomic E-state index is -0.761. The number of aliphatic hydroxyl groups excluding tert-OH is 2. The summed E-state index contributed by atoms with van der Waals surface area (Å²) in [4.78, 5) is 10.4. The zero-order valence-electron chi connectivity index (χ0n) is 16.3. The quantitative estimate of drug-likeness (QED) is 0.296. The van der Waals surface area contributed by atoms with Crippen LogP contribution in [0.15, 0.2) is 0 Å². The number of carboxylic acids is 1. The largest absolute Gasteiger partial charge is 1.00 e. The van der Waals surface area contributed by atoms with Gasteiger partial charge >= 0.3 is 24.8 Å². The topological polar surface area (TPSA) is 77.8 Å². The summed E-state index contributed by atoms with van der Waals surface area (Å²) >= 11 is 0. The number of rotatable bonds is 16. The molecule has 2 atom stereocenters. The molecule has 3 N–H and O–H groups in total. The number of aliphatic carboxylic acids is 1. The Balaban J connectivity index is -0.00000220. The summed E-state index contributed by atoms with van der Waals surface area (Å²) in [5.74, 6) is -0.761. The molecule has 0 fully saturated rings. The van der Waals surface area contributed by atoms with Crippen molar-refractivity contribution < 1.29 is 40.4 Å². The molecule has 0 amide bonds. The third-order valence-electron chi connectivity index (χ3n) is 4.14. The van der Waals surface area contributed by atoms with E-state index in [0.717, 1.165) is 51.4 Å². The van der Waals surface area contributed by atoms with Crippen LogP contribution in [0, 0.1) is 0 Å². The minimum absolute atomic E-state index is 0. The summed E-state index contributed by atoms with van der Waals surface area (Å²) in [7, 11) is 0. The van der Waals surface area contributed by atoms with E-state index in [4.69, 9.17) is 5.11 Å². The molecular weight excluding hydrogens is 287 g/mol. The standard InChI is InChI=1S/C18H36O4.Li.H/c1-2-3-4-6-11-16(19)12-7-5-8-13-17(20)14-9-10-15-18(21)22;;/h16-17,19-20H,2-15H2,1H3,(H,21,22);;/q;+1;-1. The fraction of sp³-hybridized carbons (Fsp3) is 0.944. The van der Waals surface area contributed by atoms with Gasteiger partial charge in [-0.3, -0.25) is 4.79 Å². The van der Waals surface area contributed by atoms with Crippen molar-refractivity contribution in [2.45, 2.75) is 109 Å². The van der Waals surface area contributed by atoms with E-state index in [-0.39, 0.29) is 38.9 Å². The molecule has 0 aromatic heterocycles. The molecule has 0 aromatic rings. The van der Waals surface area contributed by atoms with E-state index in [1.807, 2.05) is 0 Å². The van der Waals surface area contributed by atoms with Crippen LogP contribution in [0.2, 0.25) is 0 Å². The normalized spacial score (nSPS) is 13.3. The second-order valence-corrected chi connectivity index (χ2v) is 6.43. The fourth-order valence-corrected chi connectivity index (χ4v) is 2.69. The van der Waals surface area contributed by atoms with Crippen molar-refractivity contribution in [1.82, 2.24) is 0 Å². The summed E-state index contributed by atoms with van der Waals surface area (Å²) in [5, 5.41) is 28.2. The van der Waals surface area contributed by atoms with Gasteiger partial charge in [-0.15, -0.1) is 0 Å². The molecule has 0 saturated heterocycles. The van der Waals surface area contributed by atoms with Gasteiger partial charge in [0.1, 0.15) is 0 Å². The van der Waals surface area contributed by atoms with Gasteiger partial charge in [0.25, 0.3) is 0 Å². The zero-order valence-corrected chi connectivity index (χ0v) is 15.3. The smallest absolute Gasteiger partial charge is 1.00 e. The van der Waals surface area contributed by atoms with Crippen molar-refractivity contribution in [3.05, 3.63) is 0 Å². The van der Waals surface area contributed by atoms with Gasteiger partial charge in [0.05, 0.1) is 12.2 Å². The first-order valence-corrected chi connectivity index (χ1v) is 9.14. The van der Waals surface area contributed by atoms with Crippen molar-refractivity contribution >= 4 is 5.97 Å². The molecule has 0 radical (unpaired) electrons. The van der Waals surface area contributed by atoms with E-state index in [0.29, 0.717) is 12.8 Å². The first-order valence-electron chi connectivity index (χ1n) is 9.14. The maximum absolute atomic E-state index is 10.4. The Kier molecular flexibility index (Phi) is 20.1. The molecule has 134 valence electrons. The molecule has 0 saturated carbocycles. The molecule has 2 unspecified atom stereocenters. The van der Waals surface area contributed by atoms with Crippen molar-refractivity contribution in [2.24, 2.45) is 0 Å². The van der Waals surface area contributed by atoms with E-state index in [9.17, 15) is 15.0 Å². The molecule has 0 rings (SSSR count). The Hall–Kier alpha value is -0.0126. The zero-order chi connectivity index (χ0) is 16.6. The van der Waals surface area contributed by atoms with Crippen molar-refractivity contribution in [3.8, 4) is 0 Å². The summed E-state index contributed by atoms with van der Waals surface area (Å²) in [6.45, 7) is 2.19. The minimum Gasteiger partial charge on any atom is -1.00 e. The van der Waals surface area contributed by atoms with E-state index in [2.05, 4.69) is 6.92 Å². The Labute approximate surface area is 155 Å². The molecule has 0 bridgehead atoms. The average molecular weight is 324 g/mol. The van der Waals surface area contributed by atoms with Crippen molar-refractivity contribution in [1.29, 1.82) is 0 Å². The van der Waals surface area contributed by atoms with Gasteiger partial charge < -0.3 is 16.7 Å². The predicted octanol–water partition coefficient (Wildman–Crippen LogP) is 1.39. The van der Waals surface area contributed by atoms with Gasteiger partial charge in [-0.2, -0.15) is 0 Å².